The van der Waals surface area contributed by atoms with E-state index < -0.39 is 6.10 Å². The van der Waals surface area contributed by atoms with Crippen molar-refractivity contribution in [2.45, 2.75) is 6.10 Å². The predicted octanol–water partition coefficient (Wildman–Crippen LogP) is 4.02. The maximum atomic E-state index is 11.1. The fourth-order valence-electron chi connectivity index (χ4n) is 3.45. The van der Waals surface area contributed by atoms with Gasteiger partial charge in [0.05, 0.1) is 5.69 Å². The van der Waals surface area contributed by atoms with Gasteiger partial charge >= 0.3 is 0 Å². The Hall–Kier alpha value is -2.54. The molecule has 1 unspecified atom stereocenters. The Morgan fingerprint density at radius 3 is 2.61 bits per heavy atom. The molecule has 0 aliphatic carbocycles. The van der Waals surface area contributed by atoms with Gasteiger partial charge in [0.25, 0.3) is 0 Å². The first-order valence-corrected chi connectivity index (χ1v) is 9.44. The summed E-state index contributed by atoms with van der Waals surface area (Å²) < 4.78 is 3.49. The Bertz CT molecular complexity index is 1160. The normalized spacial score (nSPS) is 12.5. The monoisotopic (exact) mass is 415 g/mol. The number of hydrogen-bond donors (Lipinski definition) is 1. The van der Waals surface area contributed by atoms with E-state index in [0.29, 0.717) is 21.6 Å². The van der Waals surface area contributed by atoms with Crippen LogP contribution in [-0.2, 0) is 7.05 Å². The second kappa shape index (κ2) is 7.13. The Balaban J connectivity index is 1.90. The summed E-state index contributed by atoms with van der Waals surface area (Å²) in [6, 6.07) is 11.2. The van der Waals surface area contributed by atoms with Gasteiger partial charge in [-0.1, -0.05) is 47.5 Å². The van der Waals surface area contributed by atoms with E-state index in [1.807, 2.05) is 50.4 Å². The van der Waals surface area contributed by atoms with E-state index in [1.54, 1.807) is 33.9 Å². The minimum Gasteiger partial charge on any atom is -0.379 e. The van der Waals surface area contributed by atoms with Gasteiger partial charge < -0.3 is 10.1 Å². The van der Waals surface area contributed by atoms with Gasteiger partial charge in [-0.25, -0.2) is 9.66 Å². The third-order valence-corrected chi connectivity index (χ3v) is 5.26. The molecule has 6 nitrogen and oxygen atoms in total. The molecule has 4 rings (SSSR count). The van der Waals surface area contributed by atoms with E-state index in [9.17, 15) is 5.11 Å². The van der Waals surface area contributed by atoms with Crippen molar-refractivity contribution < 1.29 is 5.11 Å². The Morgan fingerprint density at radius 1 is 1.11 bits per heavy atom. The van der Waals surface area contributed by atoms with Crippen LogP contribution in [0.5, 0.6) is 0 Å². The number of aromatic nitrogens is 4. The molecule has 2 heterocycles. The summed E-state index contributed by atoms with van der Waals surface area (Å²) in [7, 11) is 5.59. The average Bonchev–Trinajstić information content (AvgIpc) is 3.25. The van der Waals surface area contributed by atoms with Crippen molar-refractivity contribution in [3.8, 4) is 11.1 Å². The lowest BCUT2D eigenvalue weighted by Gasteiger charge is -2.20. The number of halogens is 2. The van der Waals surface area contributed by atoms with Crippen LogP contribution in [0.4, 0.5) is 0 Å². The molecule has 0 aliphatic heterocycles. The molecule has 0 saturated carbocycles. The molecule has 144 valence electrons. The van der Waals surface area contributed by atoms with Gasteiger partial charge in [0, 0.05) is 60.1 Å². The molecule has 0 bridgehead atoms. The zero-order valence-electron chi connectivity index (χ0n) is 15.6. The predicted molar refractivity (Wildman–Crippen MR) is 113 cm³/mol. The van der Waals surface area contributed by atoms with Crippen LogP contribution in [-0.4, -0.2) is 38.6 Å². The Kier molecular flexibility index (Phi) is 4.79. The maximum absolute atomic E-state index is 11.1. The van der Waals surface area contributed by atoms with Crippen LogP contribution in [0, 0.1) is 0 Å². The fourth-order valence-corrected chi connectivity index (χ4v) is 3.96. The van der Waals surface area contributed by atoms with E-state index in [0.717, 1.165) is 22.0 Å². The minimum absolute atomic E-state index is 0.518. The second-order valence-electron chi connectivity index (χ2n) is 6.71. The van der Waals surface area contributed by atoms with E-state index in [4.69, 9.17) is 23.2 Å². The van der Waals surface area contributed by atoms with Crippen molar-refractivity contribution in [1.82, 2.24) is 19.4 Å². The second-order valence-corrected chi connectivity index (χ2v) is 7.56. The number of imidazole rings is 1. The number of nitrogens with zero attached hydrogens (tertiary/aromatic N) is 5. The fraction of sp³-hybridized carbons (Fsp3) is 0.200. The van der Waals surface area contributed by atoms with Crippen molar-refractivity contribution in [1.29, 1.82) is 0 Å². The van der Waals surface area contributed by atoms with E-state index in [-0.39, 0.29) is 0 Å². The molecule has 2 aromatic carbocycles. The highest BCUT2D eigenvalue weighted by atomic mass is 35.5. The third-order valence-electron chi connectivity index (χ3n) is 4.72. The Morgan fingerprint density at radius 2 is 1.89 bits per heavy atom. The largest absolute Gasteiger partial charge is 0.379 e. The van der Waals surface area contributed by atoms with Crippen molar-refractivity contribution in [3.63, 3.8) is 0 Å². The van der Waals surface area contributed by atoms with Gasteiger partial charge in [0.2, 0.25) is 0 Å². The number of aliphatic hydroxyl groups is 1. The molecule has 0 radical (unpaired) electrons. The van der Waals surface area contributed by atoms with Crippen molar-refractivity contribution in [3.05, 3.63) is 70.4 Å². The molecule has 0 fully saturated rings. The van der Waals surface area contributed by atoms with Crippen LogP contribution in [0.15, 0.2) is 48.8 Å². The molecule has 1 atom stereocenters. The molecule has 8 heteroatoms. The quantitative estimate of drug-likeness (QED) is 0.546. The number of hydrogen-bond acceptors (Lipinski definition) is 4. The van der Waals surface area contributed by atoms with Crippen LogP contribution >= 0.6 is 23.2 Å². The molecular formula is C20H19Cl2N5O. The van der Waals surface area contributed by atoms with E-state index >= 15 is 0 Å². The first-order valence-electron chi connectivity index (χ1n) is 8.68. The zero-order valence-corrected chi connectivity index (χ0v) is 17.1. The van der Waals surface area contributed by atoms with E-state index in [1.165, 1.54) is 0 Å². The summed E-state index contributed by atoms with van der Waals surface area (Å²) in [6.07, 6.45) is 2.52. The molecular weight excluding hydrogens is 397 g/mol. The lowest BCUT2D eigenvalue weighted by atomic mass is 10.0. The van der Waals surface area contributed by atoms with Gasteiger partial charge in [0.1, 0.15) is 5.52 Å². The summed E-state index contributed by atoms with van der Waals surface area (Å²) in [6.45, 7) is 0. The molecule has 2 aromatic heterocycles. The summed E-state index contributed by atoms with van der Waals surface area (Å²) >= 11 is 12.5. The number of rotatable bonds is 4. The molecule has 0 saturated heterocycles. The van der Waals surface area contributed by atoms with Crippen LogP contribution in [0.3, 0.4) is 0 Å². The van der Waals surface area contributed by atoms with Crippen LogP contribution < -0.4 is 5.01 Å². The molecule has 0 spiro atoms. The lowest BCUT2D eigenvalue weighted by Crippen LogP contribution is -2.28. The average molecular weight is 416 g/mol. The highest BCUT2D eigenvalue weighted by Gasteiger charge is 2.25. The van der Waals surface area contributed by atoms with Gasteiger partial charge in [-0.05, 0) is 12.1 Å². The summed E-state index contributed by atoms with van der Waals surface area (Å²) in [4.78, 5) is 4.34. The highest BCUT2D eigenvalue weighted by molar-refractivity contribution is 6.36. The van der Waals surface area contributed by atoms with Gasteiger partial charge in [-0.15, -0.1) is 0 Å². The number of fused-ring (bicyclic) bond motifs is 1. The summed E-state index contributed by atoms with van der Waals surface area (Å²) in [5.74, 6) is 0.518. The van der Waals surface area contributed by atoms with Crippen LogP contribution in [0.1, 0.15) is 17.6 Å². The smallest absolute Gasteiger partial charge is 0.162 e. The van der Waals surface area contributed by atoms with Crippen LogP contribution in [0.2, 0.25) is 10.0 Å². The van der Waals surface area contributed by atoms with Gasteiger partial charge in [-0.2, -0.15) is 5.10 Å². The number of aryl methyl sites for hydroxylation is 1. The molecule has 28 heavy (non-hydrogen) atoms. The van der Waals surface area contributed by atoms with Gasteiger partial charge in [-0.3, -0.25) is 4.68 Å². The minimum atomic E-state index is -0.941. The van der Waals surface area contributed by atoms with E-state index in [2.05, 4.69) is 10.1 Å². The lowest BCUT2D eigenvalue weighted by molar-refractivity contribution is 0.196. The highest BCUT2D eigenvalue weighted by Crippen LogP contribution is 2.37. The molecule has 1 N–H and O–H groups in total. The number of benzene rings is 2. The maximum Gasteiger partial charge on any atom is 0.162 e. The van der Waals surface area contributed by atoms with Crippen molar-refractivity contribution in [2.24, 2.45) is 7.05 Å². The summed E-state index contributed by atoms with van der Waals surface area (Å²) in [5, 5.41) is 19.6. The Labute approximate surface area is 172 Å². The van der Waals surface area contributed by atoms with Crippen LogP contribution in [0.25, 0.3) is 22.0 Å². The molecule has 0 amide bonds. The first-order chi connectivity index (χ1) is 13.4. The van der Waals surface area contributed by atoms with Crippen molar-refractivity contribution >= 4 is 34.1 Å². The third kappa shape index (κ3) is 3.03. The van der Waals surface area contributed by atoms with Gasteiger partial charge in [0.15, 0.2) is 11.9 Å². The SMILES string of the molecule is CN(C)n1ccnc1C(O)c1c2cccc(-c3ccc(Cl)cc3Cl)c2nn1C. The molecule has 0 aliphatic rings. The number of aliphatic hydroxyl groups excluding tert-OH is 1. The molecule has 4 aromatic rings. The zero-order chi connectivity index (χ0) is 20.0. The standard InChI is InChI=1S/C20H19Cl2N5O/c1-25(2)27-10-9-23-20(27)19(28)18-15-6-4-5-14(17(15)24-26(18)3)13-8-7-12(21)11-16(13)22/h4-11,19,28H,1-3H3. The first kappa shape index (κ1) is 18.8. The topological polar surface area (TPSA) is 59.1 Å². The van der Waals surface area contributed by atoms with Crippen molar-refractivity contribution in [2.75, 3.05) is 19.1 Å². The summed E-state index contributed by atoms with van der Waals surface area (Å²) in [5.41, 5.74) is 3.14.